The van der Waals surface area contributed by atoms with Gasteiger partial charge in [0.05, 0.1) is 10.5 Å². The molecule has 0 spiro atoms. The molecule has 1 aromatic carbocycles. The number of benzene rings is 1. The summed E-state index contributed by atoms with van der Waals surface area (Å²) in [6, 6.07) is 3.81. The minimum Gasteiger partial charge on any atom is -0.334 e. The largest absolute Gasteiger partial charge is 0.334 e. The highest BCUT2D eigenvalue weighted by atomic mass is 16.6. The number of rotatable bonds is 7. The topological polar surface area (TPSA) is 101 Å². The van der Waals surface area contributed by atoms with Gasteiger partial charge in [0.2, 0.25) is 5.91 Å². The zero-order chi connectivity index (χ0) is 17.9. The average molecular weight is 329 g/mol. The van der Waals surface area contributed by atoms with Crippen molar-refractivity contribution in [1.29, 1.82) is 0 Å². The smallest absolute Gasteiger partial charge is 0.282 e. The summed E-state index contributed by atoms with van der Waals surface area (Å²) in [5, 5.41) is 11.0. The Labute approximate surface area is 137 Å². The maximum atomic E-state index is 12.4. The summed E-state index contributed by atoms with van der Waals surface area (Å²) < 4.78 is 0. The Balaban J connectivity index is 2.29. The summed E-state index contributed by atoms with van der Waals surface area (Å²) >= 11 is 0. The maximum absolute atomic E-state index is 12.4. The average Bonchev–Trinajstić information content (AvgIpc) is 2.79. The summed E-state index contributed by atoms with van der Waals surface area (Å²) in [7, 11) is 0. The molecule has 0 fully saturated rings. The zero-order valence-corrected chi connectivity index (χ0v) is 12.8. The predicted octanol–water partition coefficient (Wildman–Crippen LogP) is 1.39. The van der Waals surface area contributed by atoms with Gasteiger partial charge in [0.25, 0.3) is 17.5 Å². The lowest BCUT2D eigenvalue weighted by molar-refractivity contribution is -0.385. The molecule has 0 N–H and O–H groups in total. The lowest BCUT2D eigenvalue weighted by Gasteiger charge is -2.22. The van der Waals surface area contributed by atoms with Crippen LogP contribution < -0.4 is 0 Å². The molecule has 0 aromatic heterocycles. The summed E-state index contributed by atoms with van der Waals surface area (Å²) in [5.41, 5.74) is -0.796. The number of amides is 3. The molecule has 1 aliphatic heterocycles. The molecule has 8 nitrogen and oxygen atoms in total. The maximum Gasteiger partial charge on any atom is 0.282 e. The molecular weight excluding hydrogens is 314 g/mol. The van der Waals surface area contributed by atoms with E-state index in [1.165, 1.54) is 29.2 Å². The van der Waals surface area contributed by atoms with Crippen LogP contribution in [-0.2, 0) is 4.79 Å². The van der Waals surface area contributed by atoms with Crippen LogP contribution in [0.1, 0.15) is 20.7 Å². The van der Waals surface area contributed by atoms with Gasteiger partial charge in [0, 0.05) is 19.2 Å². The first kappa shape index (κ1) is 17.1. The molecule has 3 amide bonds. The van der Waals surface area contributed by atoms with Gasteiger partial charge in [-0.15, -0.1) is 13.2 Å². The van der Waals surface area contributed by atoms with Crippen molar-refractivity contribution in [2.75, 3.05) is 19.6 Å². The SMILES string of the molecule is C=CCN(CC=C)C(=O)CN1C(=O)c2cccc([N+](=O)[O-])c2C1=O. The number of imide groups is 1. The van der Waals surface area contributed by atoms with Crippen molar-refractivity contribution >= 4 is 23.4 Å². The van der Waals surface area contributed by atoms with Crippen molar-refractivity contribution in [1.82, 2.24) is 9.80 Å². The lowest BCUT2D eigenvalue weighted by atomic mass is 10.1. The standard InChI is InChI=1S/C16H15N3O5/c1-3-8-17(9-4-2)13(20)10-18-15(21)11-6-5-7-12(19(23)24)14(11)16(18)22/h3-7H,1-2,8-10H2. The van der Waals surface area contributed by atoms with Gasteiger partial charge in [-0.3, -0.25) is 29.4 Å². The molecule has 8 heteroatoms. The van der Waals surface area contributed by atoms with Crippen LogP contribution in [0.2, 0.25) is 0 Å². The summed E-state index contributed by atoms with van der Waals surface area (Å²) in [6.07, 6.45) is 3.02. The summed E-state index contributed by atoms with van der Waals surface area (Å²) in [4.78, 5) is 49.4. The molecule has 0 bridgehead atoms. The number of hydrogen-bond donors (Lipinski definition) is 0. The second-order valence-electron chi connectivity index (χ2n) is 5.03. The minimum atomic E-state index is -0.840. The molecule has 1 heterocycles. The van der Waals surface area contributed by atoms with Crippen LogP contribution in [0.3, 0.4) is 0 Å². The Morgan fingerprint density at radius 2 is 1.83 bits per heavy atom. The van der Waals surface area contributed by atoms with Gasteiger partial charge >= 0.3 is 0 Å². The van der Waals surface area contributed by atoms with E-state index in [0.29, 0.717) is 0 Å². The number of nitrogens with zero attached hydrogens (tertiary/aromatic N) is 3. The third kappa shape index (κ3) is 2.94. The Kier molecular flexibility index (Phi) is 4.88. The molecular formula is C16H15N3O5. The van der Waals surface area contributed by atoms with Gasteiger partial charge in [-0.25, -0.2) is 0 Å². The molecule has 0 radical (unpaired) electrons. The highest BCUT2D eigenvalue weighted by molar-refractivity contribution is 6.24. The second kappa shape index (κ2) is 6.86. The van der Waals surface area contributed by atoms with Crippen molar-refractivity contribution in [3.8, 4) is 0 Å². The molecule has 0 unspecified atom stereocenters. The fraction of sp³-hybridized carbons (Fsp3) is 0.188. The first-order chi connectivity index (χ1) is 11.4. The molecule has 0 atom stereocenters. The number of fused-ring (bicyclic) bond motifs is 1. The van der Waals surface area contributed by atoms with Crippen molar-refractivity contribution in [3.05, 3.63) is 64.8 Å². The first-order valence-corrected chi connectivity index (χ1v) is 7.05. The normalized spacial score (nSPS) is 12.8. The minimum absolute atomic E-state index is 0.0685. The third-order valence-corrected chi connectivity index (χ3v) is 3.52. The van der Waals surface area contributed by atoms with Gasteiger partial charge in [-0.1, -0.05) is 18.2 Å². The van der Waals surface area contributed by atoms with E-state index in [1.54, 1.807) is 0 Å². The van der Waals surface area contributed by atoms with Crippen LogP contribution in [-0.4, -0.2) is 52.1 Å². The van der Waals surface area contributed by atoms with E-state index in [2.05, 4.69) is 13.2 Å². The van der Waals surface area contributed by atoms with Gasteiger partial charge in [0.15, 0.2) is 0 Å². The molecule has 124 valence electrons. The quantitative estimate of drug-likeness (QED) is 0.326. The Bertz CT molecular complexity index is 746. The van der Waals surface area contributed by atoms with Crippen LogP contribution in [0.4, 0.5) is 5.69 Å². The first-order valence-electron chi connectivity index (χ1n) is 7.05. The van der Waals surface area contributed by atoms with Gasteiger partial charge in [-0.2, -0.15) is 0 Å². The van der Waals surface area contributed by atoms with Crippen LogP contribution >= 0.6 is 0 Å². The highest BCUT2D eigenvalue weighted by Gasteiger charge is 2.42. The van der Waals surface area contributed by atoms with Crippen molar-refractivity contribution in [3.63, 3.8) is 0 Å². The van der Waals surface area contributed by atoms with Crippen LogP contribution in [0.25, 0.3) is 0 Å². The molecule has 0 saturated carbocycles. The fourth-order valence-electron chi connectivity index (χ4n) is 2.44. The van der Waals surface area contributed by atoms with Crippen LogP contribution in [0.15, 0.2) is 43.5 Å². The van der Waals surface area contributed by atoms with E-state index in [-0.39, 0.29) is 24.2 Å². The Morgan fingerprint density at radius 3 is 2.38 bits per heavy atom. The van der Waals surface area contributed by atoms with E-state index in [1.807, 2.05) is 0 Å². The van der Waals surface area contributed by atoms with Gasteiger partial charge < -0.3 is 4.90 Å². The van der Waals surface area contributed by atoms with Crippen LogP contribution in [0, 0.1) is 10.1 Å². The van der Waals surface area contributed by atoms with Gasteiger partial charge in [-0.05, 0) is 6.07 Å². The van der Waals surface area contributed by atoms with Crippen molar-refractivity contribution in [2.45, 2.75) is 0 Å². The third-order valence-electron chi connectivity index (χ3n) is 3.52. The van der Waals surface area contributed by atoms with E-state index < -0.39 is 34.9 Å². The predicted molar refractivity (Wildman–Crippen MR) is 85.4 cm³/mol. The molecule has 1 aromatic rings. The number of nitro groups is 1. The van der Waals surface area contributed by atoms with E-state index in [9.17, 15) is 24.5 Å². The van der Waals surface area contributed by atoms with Crippen molar-refractivity contribution < 1.29 is 19.3 Å². The number of carbonyl (C=O) groups is 3. The molecule has 0 saturated heterocycles. The monoisotopic (exact) mass is 329 g/mol. The lowest BCUT2D eigenvalue weighted by Crippen LogP contribution is -2.42. The number of nitro benzene ring substituents is 1. The molecule has 24 heavy (non-hydrogen) atoms. The molecule has 0 aliphatic carbocycles. The number of hydrogen-bond acceptors (Lipinski definition) is 5. The Morgan fingerprint density at radius 1 is 1.21 bits per heavy atom. The van der Waals surface area contributed by atoms with E-state index in [4.69, 9.17) is 0 Å². The molecule has 2 rings (SSSR count). The van der Waals surface area contributed by atoms with Gasteiger partial charge in [0.1, 0.15) is 12.1 Å². The summed E-state index contributed by atoms with van der Waals surface area (Å²) in [6.45, 7) is 7.05. The van der Waals surface area contributed by atoms with Crippen LogP contribution in [0.5, 0.6) is 0 Å². The summed E-state index contributed by atoms with van der Waals surface area (Å²) in [5.74, 6) is -2.04. The zero-order valence-electron chi connectivity index (χ0n) is 12.8. The van der Waals surface area contributed by atoms with E-state index in [0.717, 1.165) is 11.0 Å². The highest BCUT2D eigenvalue weighted by Crippen LogP contribution is 2.30. The molecule has 1 aliphatic rings. The Hall–Kier alpha value is -3.29. The second-order valence-corrected chi connectivity index (χ2v) is 5.03. The van der Waals surface area contributed by atoms with Crippen molar-refractivity contribution in [2.24, 2.45) is 0 Å². The van der Waals surface area contributed by atoms with E-state index >= 15 is 0 Å². The number of carbonyl (C=O) groups excluding carboxylic acids is 3. The fourth-order valence-corrected chi connectivity index (χ4v) is 2.44.